The van der Waals surface area contributed by atoms with Crippen LogP contribution in [0.4, 0.5) is 0 Å². The van der Waals surface area contributed by atoms with Crippen LogP contribution >= 0.6 is 0 Å². The van der Waals surface area contributed by atoms with Crippen LogP contribution in [0.3, 0.4) is 0 Å². The van der Waals surface area contributed by atoms with Crippen LogP contribution in [-0.4, -0.2) is 50.0 Å². The van der Waals surface area contributed by atoms with Gasteiger partial charge in [-0.25, -0.2) is 9.97 Å². The minimum Gasteiger partial charge on any atom is -0.364 e. The van der Waals surface area contributed by atoms with Crippen LogP contribution in [0.25, 0.3) is 11.0 Å². The fraction of sp³-hybridized carbons (Fsp3) is 0.450. The summed E-state index contributed by atoms with van der Waals surface area (Å²) in [4.78, 5) is 26.5. The lowest BCUT2D eigenvalue weighted by Gasteiger charge is -2.31. The largest absolute Gasteiger partial charge is 0.364 e. The second-order valence-corrected chi connectivity index (χ2v) is 6.92. The van der Waals surface area contributed by atoms with Crippen LogP contribution < -0.4 is 0 Å². The van der Waals surface area contributed by atoms with E-state index in [1.54, 1.807) is 0 Å². The van der Waals surface area contributed by atoms with E-state index in [1.165, 1.54) is 0 Å². The summed E-state index contributed by atoms with van der Waals surface area (Å²) in [5.41, 5.74) is 1.89. The molecule has 1 fully saturated rings. The van der Waals surface area contributed by atoms with Gasteiger partial charge in [0.25, 0.3) is 0 Å². The van der Waals surface area contributed by atoms with Gasteiger partial charge in [0.1, 0.15) is 24.9 Å². The number of benzene rings is 1. The molecule has 0 atom stereocenters. The van der Waals surface area contributed by atoms with Gasteiger partial charge in [0.2, 0.25) is 5.91 Å². The fourth-order valence-electron chi connectivity index (χ4n) is 3.74. The van der Waals surface area contributed by atoms with Gasteiger partial charge in [0.05, 0.1) is 11.0 Å². The maximum atomic E-state index is 12.4. The highest BCUT2D eigenvalue weighted by Gasteiger charge is 2.26. The number of piperidine rings is 1. The minimum absolute atomic E-state index is 0.0448. The van der Waals surface area contributed by atoms with Crippen molar-refractivity contribution in [2.45, 2.75) is 38.8 Å². The third-order valence-corrected chi connectivity index (χ3v) is 5.20. The zero-order valence-corrected chi connectivity index (χ0v) is 15.6. The summed E-state index contributed by atoms with van der Waals surface area (Å²) in [5, 5.41) is 0. The molecule has 1 aliphatic heterocycles. The molecule has 4 rings (SSSR count). The van der Waals surface area contributed by atoms with Gasteiger partial charge in [-0.15, -0.1) is 0 Å². The zero-order chi connectivity index (χ0) is 18.6. The first-order valence-electron chi connectivity index (χ1n) is 9.54. The third-order valence-electron chi connectivity index (χ3n) is 5.20. The smallest absolute Gasteiger partial charge is 0.248 e. The molecule has 7 nitrogen and oxygen atoms in total. The van der Waals surface area contributed by atoms with Gasteiger partial charge in [-0.05, 0) is 31.9 Å². The molecule has 0 unspecified atom stereocenters. The number of H-pyrrole nitrogens is 1. The number of hydrogen-bond acceptors (Lipinski definition) is 4. The van der Waals surface area contributed by atoms with Crippen LogP contribution in [0, 0.1) is 0 Å². The molecule has 0 bridgehead atoms. The van der Waals surface area contributed by atoms with Gasteiger partial charge >= 0.3 is 0 Å². The molecule has 1 aromatic carbocycles. The molecule has 0 saturated carbocycles. The summed E-state index contributed by atoms with van der Waals surface area (Å²) in [6.45, 7) is 4.98. The summed E-state index contributed by atoms with van der Waals surface area (Å²) in [7, 11) is 0. The molecule has 0 aliphatic carbocycles. The number of hydrogen-bond donors (Lipinski definition) is 1. The first-order chi connectivity index (χ1) is 13.2. The fourth-order valence-corrected chi connectivity index (χ4v) is 3.74. The van der Waals surface area contributed by atoms with Gasteiger partial charge in [-0.3, -0.25) is 4.79 Å². The summed E-state index contributed by atoms with van der Waals surface area (Å²) >= 11 is 0. The molecular weight excluding hydrogens is 342 g/mol. The number of rotatable bonds is 6. The highest BCUT2D eigenvalue weighted by atomic mass is 16.5. The van der Waals surface area contributed by atoms with Crippen molar-refractivity contribution in [1.82, 2.24) is 24.4 Å². The number of nitrogens with one attached hydrogen (secondary N) is 1. The highest BCUT2D eigenvalue weighted by molar-refractivity contribution is 5.77. The second kappa shape index (κ2) is 7.92. The molecular formula is C20H25N5O2. The molecule has 2 aromatic heterocycles. The second-order valence-electron chi connectivity index (χ2n) is 6.92. The molecule has 3 heterocycles. The number of carbonyl (C=O) groups is 1. The van der Waals surface area contributed by atoms with Crippen molar-refractivity contribution < 1.29 is 9.53 Å². The Bertz CT molecular complexity index is 875. The highest BCUT2D eigenvalue weighted by Crippen LogP contribution is 2.27. The molecule has 7 heteroatoms. The number of aromatic amines is 1. The zero-order valence-electron chi connectivity index (χ0n) is 15.6. The number of likely N-dealkylation sites (tertiary alicyclic amines) is 1. The van der Waals surface area contributed by atoms with Crippen molar-refractivity contribution in [2.75, 3.05) is 19.7 Å². The standard InChI is InChI=1S/C20H25N5O2/c1-2-24-12-9-21-20(24)15-7-10-25(11-8-15)19(26)14-27-13-18-22-16-5-3-4-6-17(16)23-18/h3-6,9,12,15H,2,7-8,10-11,13-14H2,1H3,(H,22,23). The Hall–Kier alpha value is -2.67. The number of fused-ring (bicyclic) bond motifs is 1. The number of aryl methyl sites for hydroxylation is 1. The molecule has 3 aromatic rings. The van der Waals surface area contributed by atoms with Crippen LogP contribution in [0.5, 0.6) is 0 Å². The van der Waals surface area contributed by atoms with E-state index >= 15 is 0 Å². The lowest BCUT2D eigenvalue weighted by Crippen LogP contribution is -2.40. The summed E-state index contributed by atoms with van der Waals surface area (Å²) in [6.07, 6.45) is 5.79. The Labute approximate surface area is 158 Å². The topological polar surface area (TPSA) is 76.0 Å². The third kappa shape index (κ3) is 3.88. The van der Waals surface area contributed by atoms with Crippen molar-refractivity contribution in [3.05, 3.63) is 48.3 Å². The van der Waals surface area contributed by atoms with Crippen LogP contribution in [0.15, 0.2) is 36.7 Å². The van der Waals surface area contributed by atoms with E-state index in [4.69, 9.17) is 4.74 Å². The van der Waals surface area contributed by atoms with Crippen molar-refractivity contribution in [3.8, 4) is 0 Å². The number of imidazole rings is 2. The molecule has 1 N–H and O–H groups in total. The minimum atomic E-state index is 0.0448. The number of para-hydroxylation sites is 2. The maximum absolute atomic E-state index is 12.4. The number of carbonyl (C=O) groups excluding carboxylic acids is 1. The maximum Gasteiger partial charge on any atom is 0.248 e. The van der Waals surface area contributed by atoms with E-state index in [9.17, 15) is 4.79 Å². The lowest BCUT2D eigenvalue weighted by molar-refractivity contribution is -0.137. The molecule has 1 aliphatic rings. The van der Waals surface area contributed by atoms with Crippen molar-refractivity contribution in [2.24, 2.45) is 0 Å². The van der Waals surface area contributed by atoms with E-state index in [0.717, 1.165) is 55.2 Å². The Morgan fingerprint density at radius 2 is 2.11 bits per heavy atom. The van der Waals surface area contributed by atoms with E-state index < -0.39 is 0 Å². The Balaban J connectivity index is 1.25. The number of ether oxygens (including phenoxy) is 1. The van der Waals surface area contributed by atoms with Crippen LogP contribution in [-0.2, 0) is 22.7 Å². The van der Waals surface area contributed by atoms with E-state index in [-0.39, 0.29) is 12.5 Å². The lowest BCUT2D eigenvalue weighted by atomic mass is 9.96. The van der Waals surface area contributed by atoms with Gasteiger partial charge < -0.3 is 19.2 Å². The van der Waals surface area contributed by atoms with Gasteiger partial charge in [-0.2, -0.15) is 0 Å². The van der Waals surface area contributed by atoms with Crippen molar-refractivity contribution >= 4 is 16.9 Å². The van der Waals surface area contributed by atoms with Crippen molar-refractivity contribution in [1.29, 1.82) is 0 Å². The molecule has 0 radical (unpaired) electrons. The summed E-state index contributed by atoms with van der Waals surface area (Å²) in [6, 6.07) is 7.85. The summed E-state index contributed by atoms with van der Waals surface area (Å²) < 4.78 is 7.79. The van der Waals surface area contributed by atoms with Crippen LogP contribution in [0.1, 0.15) is 37.3 Å². The average Bonchev–Trinajstić information content (AvgIpc) is 3.34. The first kappa shape index (κ1) is 17.7. The Morgan fingerprint density at radius 3 is 2.89 bits per heavy atom. The van der Waals surface area contributed by atoms with Crippen molar-refractivity contribution in [3.63, 3.8) is 0 Å². The quantitative estimate of drug-likeness (QED) is 0.727. The normalized spacial score (nSPS) is 15.5. The SMILES string of the molecule is CCn1ccnc1C1CCN(C(=O)COCc2nc3ccccc3[nH]2)CC1. The van der Waals surface area contributed by atoms with E-state index in [0.29, 0.717) is 12.5 Å². The molecule has 0 spiro atoms. The predicted octanol–water partition coefficient (Wildman–Crippen LogP) is 2.70. The van der Waals surface area contributed by atoms with E-state index in [2.05, 4.69) is 26.4 Å². The predicted molar refractivity (Wildman–Crippen MR) is 102 cm³/mol. The van der Waals surface area contributed by atoms with E-state index in [1.807, 2.05) is 41.6 Å². The molecule has 142 valence electrons. The van der Waals surface area contributed by atoms with Gasteiger partial charge in [0, 0.05) is 37.9 Å². The Morgan fingerprint density at radius 1 is 1.30 bits per heavy atom. The average molecular weight is 367 g/mol. The van der Waals surface area contributed by atoms with Gasteiger partial charge in [-0.1, -0.05) is 12.1 Å². The number of amides is 1. The molecule has 1 amide bonds. The summed E-state index contributed by atoms with van der Waals surface area (Å²) in [5.74, 6) is 2.36. The molecule has 1 saturated heterocycles. The Kier molecular flexibility index (Phi) is 5.20. The van der Waals surface area contributed by atoms with Crippen LogP contribution in [0.2, 0.25) is 0 Å². The number of aromatic nitrogens is 4. The monoisotopic (exact) mass is 367 g/mol. The molecule has 27 heavy (non-hydrogen) atoms. The first-order valence-corrected chi connectivity index (χ1v) is 9.54. The number of nitrogens with zero attached hydrogens (tertiary/aromatic N) is 4. The van der Waals surface area contributed by atoms with Gasteiger partial charge in [0.15, 0.2) is 0 Å².